The van der Waals surface area contributed by atoms with Crippen molar-refractivity contribution in [2.24, 2.45) is 0 Å². The summed E-state index contributed by atoms with van der Waals surface area (Å²) in [6, 6.07) is 0. The molecule has 0 radical (unpaired) electrons. The highest BCUT2D eigenvalue weighted by atomic mass is 35.5. The van der Waals surface area contributed by atoms with Crippen LogP contribution < -0.4 is 0 Å². The third-order valence-electron chi connectivity index (χ3n) is 4.23. The second-order valence-electron chi connectivity index (χ2n) is 5.94. The van der Waals surface area contributed by atoms with Crippen LogP contribution >= 0.6 is 11.6 Å². The highest BCUT2D eigenvalue weighted by molar-refractivity contribution is 6.20. The maximum absolute atomic E-state index is 6.31. The number of hydrogen-bond acceptors (Lipinski definition) is 3. The average Bonchev–Trinajstić information content (AvgIpc) is 2.90. The molecule has 1 aliphatic heterocycles. The van der Waals surface area contributed by atoms with Crippen LogP contribution in [-0.4, -0.2) is 55.8 Å². The lowest BCUT2D eigenvalue weighted by molar-refractivity contribution is -0.0453. The Labute approximate surface area is 116 Å². The third-order valence-corrected chi connectivity index (χ3v) is 4.49. The Morgan fingerprint density at radius 3 is 2.78 bits per heavy atom. The van der Waals surface area contributed by atoms with Gasteiger partial charge in [-0.15, -0.1) is 11.6 Å². The van der Waals surface area contributed by atoms with Gasteiger partial charge in [-0.1, -0.05) is 12.8 Å². The summed E-state index contributed by atoms with van der Waals surface area (Å²) >= 11 is 6.17. The topological polar surface area (TPSA) is 21.7 Å². The van der Waals surface area contributed by atoms with Gasteiger partial charge in [-0.05, 0) is 32.7 Å². The molecule has 0 N–H and O–H groups in total. The minimum absolute atomic E-state index is 0.0712. The number of ether oxygens (including phenoxy) is 2. The molecule has 2 atom stereocenters. The van der Waals surface area contributed by atoms with Gasteiger partial charge in [-0.2, -0.15) is 0 Å². The molecule has 0 bridgehead atoms. The Balaban J connectivity index is 1.70. The zero-order valence-corrected chi connectivity index (χ0v) is 12.4. The lowest BCUT2D eigenvalue weighted by atomic mass is 9.98. The minimum Gasteiger partial charge on any atom is -0.383 e. The van der Waals surface area contributed by atoms with Crippen molar-refractivity contribution in [2.45, 2.75) is 55.6 Å². The van der Waals surface area contributed by atoms with E-state index in [2.05, 4.69) is 11.9 Å². The van der Waals surface area contributed by atoms with Crippen LogP contribution in [0.2, 0.25) is 0 Å². The summed E-state index contributed by atoms with van der Waals surface area (Å²) in [6.07, 6.45) is 8.11. The second-order valence-corrected chi connectivity index (χ2v) is 6.56. The van der Waals surface area contributed by atoms with E-state index in [9.17, 15) is 0 Å². The number of alkyl halides is 1. The lowest BCUT2D eigenvalue weighted by Crippen LogP contribution is -2.36. The van der Waals surface area contributed by atoms with Crippen LogP contribution in [0, 0.1) is 0 Å². The van der Waals surface area contributed by atoms with Gasteiger partial charge in [-0.3, -0.25) is 0 Å². The largest absolute Gasteiger partial charge is 0.383 e. The molecule has 1 aliphatic carbocycles. The fraction of sp³-hybridized carbons (Fsp3) is 1.00. The molecule has 0 aromatic carbocycles. The molecular weight excluding hydrogens is 250 g/mol. The van der Waals surface area contributed by atoms with Crippen molar-refractivity contribution in [1.29, 1.82) is 0 Å². The minimum atomic E-state index is 0.0712. The van der Waals surface area contributed by atoms with Gasteiger partial charge in [0.25, 0.3) is 0 Å². The zero-order chi connectivity index (χ0) is 13.0. The highest BCUT2D eigenvalue weighted by Gasteiger charge is 2.42. The Bertz CT molecular complexity index is 256. The van der Waals surface area contributed by atoms with Crippen molar-refractivity contribution in [3.63, 3.8) is 0 Å². The van der Waals surface area contributed by atoms with Gasteiger partial charge in [0.2, 0.25) is 0 Å². The SMILES string of the molecule is COCC(Cl)CN(C)CC1CCC2(CCCC2)O1. The molecule has 0 amide bonds. The summed E-state index contributed by atoms with van der Waals surface area (Å²) in [5.74, 6) is 0. The highest BCUT2D eigenvalue weighted by Crippen LogP contribution is 2.43. The summed E-state index contributed by atoms with van der Waals surface area (Å²) in [6.45, 7) is 2.47. The number of hydrogen-bond donors (Lipinski definition) is 0. The first-order chi connectivity index (χ1) is 8.63. The van der Waals surface area contributed by atoms with E-state index < -0.39 is 0 Å². The Hall–Kier alpha value is 0.170. The van der Waals surface area contributed by atoms with Crippen molar-refractivity contribution >= 4 is 11.6 Å². The van der Waals surface area contributed by atoms with E-state index >= 15 is 0 Å². The molecule has 2 aliphatic rings. The molecule has 2 unspecified atom stereocenters. The van der Waals surface area contributed by atoms with Gasteiger partial charge >= 0.3 is 0 Å². The molecular formula is C14H26ClNO2. The Morgan fingerprint density at radius 1 is 1.39 bits per heavy atom. The summed E-state index contributed by atoms with van der Waals surface area (Å²) in [7, 11) is 3.81. The predicted molar refractivity (Wildman–Crippen MR) is 74.3 cm³/mol. The quantitative estimate of drug-likeness (QED) is 0.696. The number of methoxy groups -OCH3 is 1. The monoisotopic (exact) mass is 275 g/mol. The molecule has 1 saturated carbocycles. The first kappa shape index (κ1) is 14.6. The number of likely N-dealkylation sites (N-methyl/N-ethyl adjacent to an activating group) is 1. The van der Waals surface area contributed by atoms with E-state index in [1.54, 1.807) is 7.11 Å². The molecule has 18 heavy (non-hydrogen) atoms. The van der Waals surface area contributed by atoms with Gasteiger partial charge in [0.15, 0.2) is 0 Å². The Morgan fingerprint density at radius 2 is 2.11 bits per heavy atom. The molecule has 0 aromatic heterocycles. The van der Waals surface area contributed by atoms with Gasteiger partial charge in [0.1, 0.15) is 0 Å². The molecule has 1 heterocycles. The van der Waals surface area contributed by atoms with Crippen molar-refractivity contribution < 1.29 is 9.47 Å². The van der Waals surface area contributed by atoms with Crippen molar-refractivity contribution in [3.8, 4) is 0 Å². The molecule has 4 heteroatoms. The van der Waals surface area contributed by atoms with Gasteiger partial charge in [-0.25, -0.2) is 0 Å². The van der Waals surface area contributed by atoms with E-state index in [0.29, 0.717) is 12.7 Å². The third kappa shape index (κ3) is 3.83. The smallest absolute Gasteiger partial charge is 0.0710 e. The van der Waals surface area contributed by atoms with E-state index in [1.165, 1.54) is 38.5 Å². The number of halogens is 1. The van der Waals surface area contributed by atoms with E-state index in [-0.39, 0.29) is 11.0 Å². The number of rotatable bonds is 6. The normalized spacial score (nSPS) is 28.3. The molecule has 1 spiro atoms. The molecule has 0 aromatic rings. The molecule has 2 fully saturated rings. The van der Waals surface area contributed by atoms with Crippen LogP contribution in [-0.2, 0) is 9.47 Å². The summed E-state index contributed by atoms with van der Waals surface area (Å²) in [5.41, 5.74) is 0.248. The zero-order valence-electron chi connectivity index (χ0n) is 11.7. The van der Waals surface area contributed by atoms with Crippen LogP contribution in [0.4, 0.5) is 0 Å². The number of nitrogens with zero attached hydrogens (tertiary/aromatic N) is 1. The summed E-state index contributed by atoms with van der Waals surface area (Å²) < 4.78 is 11.4. The van der Waals surface area contributed by atoms with Crippen LogP contribution in [0.5, 0.6) is 0 Å². The van der Waals surface area contributed by atoms with Crippen molar-refractivity contribution in [2.75, 3.05) is 33.9 Å². The summed E-state index contributed by atoms with van der Waals surface area (Å²) in [5, 5.41) is 0.0712. The molecule has 3 nitrogen and oxygen atoms in total. The molecule has 2 rings (SSSR count). The first-order valence-corrected chi connectivity index (χ1v) is 7.56. The van der Waals surface area contributed by atoms with Crippen LogP contribution in [0.15, 0.2) is 0 Å². The first-order valence-electron chi connectivity index (χ1n) is 7.13. The van der Waals surface area contributed by atoms with Crippen LogP contribution in [0.25, 0.3) is 0 Å². The van der Waals surface area contributed by atoms with Gasteiger partial charge < -0.3 is 14.4 Å². The maximum atomic E-state index is 6.31. The fourth-order valence-corrected chi connectivity index (χ4v) is 3.77. The molecule has 1 saturated heterocycles. The predicted octanol–water partition coefficient (Wildman–Crippen LogP) is 2.66. The summed E-state index contributed by atoms with van der Waals surface area (Å²) in [4.78, 5) is 2.27. The van der Waals surface area contributed by atoms with E-state index in [0.717, 1.165) is 13.1 Å². The molecule has 106 valence electrons. The standard InChI is InChI=1S/C14H26ClNO2/c1-16(9-12(15)11-17-2)10-13-5-8-14(18-13)6-3-4-7-14/h12-13H,3-11H2,1-2H3. The van der Waals surface area contributed by atoms with E-state index in [1.807, 2.05) is 0 Å². The van der Waals surface area contributed by atoms with Gasteiger partial charge in [0, 0.05) is 20.2 Å². The lowest BCUT2D eigenvalue weighted by Gasteiger charge is -2.27. The second kappa shape index (κ2) is 6.56. The van der Waals surface area contributed by atoms with Crippen LogP contribution in [0.3, 0.4) is 0 Å². The van der Waals surface area contributed by atoms with Crippen LogP contribution in [0.1, 0.15) is 38.5 Å². The average molecular weight is 276 g/mol. The maximum Gasteiger partial charge on any atom is 0.0710 e. The van der Waals surface area contributed by atoms with Crippen molar-refractivity contribution in [3.05, 3.63) is 0 Å². The van der Waals surface area contributed by atoms with E-state index in [4.69, 9.17) is 21.1 Å². The van der Waals surface area contributed by atoms with Gasteiger partial charge in [0.05, 0.1) is 23.7 Å². The Kier molecular flexibility index (Phi) is 5.31. The van der Waals surface area contributed by atoms with Crippen molar-refractivity contribution in [1.82, 2.24) is 4.90 Å². The fourth-order valence-electron chi connectivity index (χ4n) is 3.41.